The van der Waals surface area contributed by atoms with Crippen molar-refractivity contribution in [3.8, 4) is 0 Å². The van der Waals surface area contributed by atoms with E-state index in [0.717, 1.165) is 0 Å². The van der Waals surface area contributed by atoms with Gasteiger partial charge in [0.1, 0.15) is 0 Å². The van der Waals surface area contributed by atoms with E-state index in [1.54, 1.807) is 0 Å². The largest absolute Gasteiger partial charge is 0.517 e. The van der Waals surface area contributed by atoms with E-state index in [4.69, 9.17) is 8.85 Å². The van der Waals surface area contributed by atoms with Gasteiger partial charge in [0.2, 0.25) is 0 Å². The molecule has 23 heavy (non-hydrogen) atoms. The second-order valence-electron chi connectivity index (χ2n) is 9.71. The zero-order valence-electron chi connectivity index (χ0n) is 17.6. The molecular formula is C18H40O3Si2. The van der Waals surface area contributed by atoms with Crippen LogP contribution < -0.4 is 0 Å². The first-order chi connectivity index (χ1) is 9.96. The monoisotopic (exact) mass is 360 g/mol. The Bertz CT molecular complexity index is 411. The molecule has 0 heterocycles. The lowest BCUT2D eigenvalue weighted by Gasteiger charge is -2.46. The molecule has 0 aromatic rings. The molecule has 0 fully saturated rings. The highest BCUT2D eigenvalue weighted by Gasteiger charge is 2.50. The molecule has 0 N–H and O–H groups in total. The van der Waals surface area contributed by atoms with Gasteiger partial charge in [0.05, 0.1) is 0 Å². The molecule has 0 amide bonds. The van der Waals surface area contributed by atoms with E-state index in [-0.39, 0.29) is 16.0 Å². The average Bonchev–Trinajstić information content (AvgIpc) is 2.32. The molecule has 138 valence electrons. The molecule has 0 rings (SSSR count). The van der Waals surface area contributed by atoms with E-state index < -0.39 is 22.2 Å². The van der Waals surface area contributed by atoms with Crippen molar-refractivity contribution in [3.05, 3.63) is 0 Å². The third-order valence-electron chi connectivity index (χ3n) is 5.92. The fourth-order valence-electron chi connectivity index (χ4n) is 1.84. The highest BCUT2D eigenvalue weighted by Crippen LogP contribution is 2.43. The Labute approximate surface area is 146 Å². The first-order valence-corrected chi connectivity index (χ1v) is 14.7. The fraction of sp³-hybridized carbons (Fsp3) is 0.944. The Balaban J connectivity index is 5.60. The van der Waals surface area contributed by atoms with Gasteiger partial charge < -0.3 is 8.85 Å². The Morgan fingerprint density at radius 2 is 1.13 bits per heavy atom. The second-order valence-corrected chi connectivity index (χ2v) is 19.2. The Morgan fingerprint density at radius 1 is 0.783 bits per heavy atom. The third kappa shape index (κ3) is 5.17. The van der Waals surface area contributed by atoms with E-state index in [9.17, 15) is 4.79 Å². The molecule has 0 aromatic carbocycles. The molecule has 0 saturated carbocycles. The van der Waals surface area contributed by atoms with Crippen LogP contribution in [0.2, 0.25) is 36.3 Å². The zero-order chi connectivity index (χ0) is 18.9. The fourth-order valence-corrected chi connectivity index (χ4v) is 4.45. The Morgan fingerprint density at radius 3 is 1.39 bits per heavy atom. The highest BCUT2D eigenvalue weighted by molar-refractivity contribution is 6.76. The summed E-state index contributed by atoms with van der Waals surface area (Å²) in [6.45, 7) is 25.8. The second kappa shape index (κ2) is 7.00. The third-order valence-corrected chi connectivity index (χ3v) is 14.7. The molecule has 0 aliphatic rings. The Kier molecular flexibility index (Phi) is 6.96. The predicted molar refractivity (Wildman–Crippen MR) is 105 cm³/mol. The molecule has 0 aliphatic heterocycles. The van der Waals surface area contributed by atoms with Crippen molar-refractivity contribution >= 4 is 22.6 Å². The summed E-state index contributed by atoms with van der Waals surface area (Å²) in [5, 5.41) is 0.0761. The van der Waals surface area contributed by atoms with Crippen molar-refractivity contribution in [2.45, 2.75) is 110 Å². The SMILES string of the molecule is CCC(CC)(O[Si](C)(C)C(C)(C)C)C(=O)O[Si](C)(C)C(C)(C)C. The molecule has 5 heteroatoms. The van der Waals surface area contributed by atoms with Crippen LogP contribution in [0.3, 0.4) is 0 Å². The van der Waals surface area contributed by atoms with Gasteiger partial charge in [-0.2, -0.15) is 0 Å². The van der Waals surface area contributed by atoms with Gasteiger partial charge in [-0.25, -0.2) is 0 Å². The summed E-state index contributed by atoms with van der Waals surface area (Å²) in [6.07, 6.45) is 1.31. The molecule has 0 aromatic heterocycles. The van der Waals surface area contributed by atoms with Crippen LogP contribution in [-0.2, 0) is 13.6 Å². The minimum absolute atomic E-state index is 0.00680. The molecule has 0 unspecified atom stereocenters. The first kappa shape index (κ1) is 22.9. The van der Waals surface area contributed by atoms with Crippen LogP contribution >= 0.6 is 0 Å². The van der Waals surface area contributed by atoms with E-state index in [1.807, 2.05) is 13.8 Å². The van der Waals surface area contributed by atoms with Crippen molar-refractivity contribution in [1.29, 1.82) is 0 Å². The lowest BCUT2D eigenvalue weighted by atomic mass is 9.98. The predicted octanol–water partition coefficient (Wildman–Crippen LogP) is 6.12. The highest BCUT2D eigenvalue weighted by atomic mass is 28.4. The first-order valence-electron chi connectivity index (χ1n) is 8.89. The average molecular weight is 361 g/mol. The van der Waals surface area contributed by atoms with E-state index >= 15 is 0 Å². The lowest BCUT2D eigenvalue weighted by molar-refractivity contribution is -0.155. The van der Waals surface area contributed by atoms with Gasteiger partial charge in [-0.3, -0.25) is 4.79 Å². The molecule has 0 saturated heterocycles. The number of hydrogen-bond donors (Lipinski definition) is 0. The number of carbonyl (C=O) groups is 1. The lowest BCUT2D eigenvalue weighted by Crippen LogP contribution is -2.56. The molecular weight excluding hydrogens is 320 g/mol. The topological polar surface area (TPSA) is 35.5 Å². The number of hydrogen-bond acceptors (Lipinski definition) is 3. The van der Waals surface area contributed by atoms with Crippen LogP contribution in [0, 0.1) is 0 Å². The zero-order valence-corrected chi connectivity index (χ0v) is 19.6. The molecule has 0 aliphatic carbocycles. The van der Waals surface area contributed by atoms with E-state index in [2.05, 4.69) is 67.7 Å². The summed E-state index contributed by atoms with van der Waals surface area (Å²) in [6, 6.07) is 0. The summed E-state index contributed by atoms with van der Waals surface area (Å²) >= 11 is 0. The van der Waals surface area contributed by atoms with Crippen LogP contribution in [-0.4, -0.2) is 28.2 Å². The smallest absolute Gasteiger partial charge is 0.323 e. The van der Waals surface area contributed by atoms with Crippen LogP contribution in [0.15, 0.2) is 0 Å². The maximum atomic E-state index is 13.1. The summed E-state index contributed by atoms with van der Waals surface area (Å²) in [7, 11) is -4.20. The molecule has 0 bridgehead atoms. The van der Waals surface area contributed by atoms with Gasteiger partial charge in [-0.15, -0.1) is 0 Å². The van der Waals surface area contributed by atoms with Crippen molar-refractivity contribution in [1.82, 2.24) is 0 Å². The van der Waals surface area contributed by atoms with E-state index in [0.29, 0.717) is 12.8 Å². The van der Waals surface area contributed by atoms with Gasteiger partial charge in [0.15, 0.2) is 13.9 Å². The summed E-state index contributed by atoms with van der Waals surface area (Å²) in [5.74, 6) is -0.154. The van der Waals surface area contributed by atoms with Gasteiger partial charge in [-0.05, 0) is 49.1 Å². The van der Waals surface area contributed by atoms with Crippen molar-refractivity contribution in [2.75, 3.05) is 0 Å². The van der Waals surface area contributed by atoms with Gasteiger partial charge >= 0.3 is 5.97 Å². The van der Waals surface area contributed by atoms with Gasteiger partial charge in [-0.1, -0.05) is 55.4 Å². The Hall–Kier alpha value is -0.136. The summed E-state index contributed by atoms with van der Waals surface area (Å²) in [5.41, 5.74) is -0.807. The molecule has 3 nitrogen and oxygen atoms in total. The van der Waals surface area contributed by atoms with Gasteiger partial charge in [0, 0.05) is 0 Å². The van der Waals surface area contributed by atoms with Crippen molar-refractivity contribution < 1.29 is 13.6 Å². The van der Waals surface area contributed by atoms with Crippen molar-refractivity contribution in [2.24, 2.45) is 0 Å². The standard InChI is InChI=1S/C18H40O3Si2/c1-13-18(14-2,21-23(11,12)17(6,7)8)15(19)20-22(9,10)16(3,4)5/h13-14H2,1-12H3. The molecule has 0 radical (unpaired) electrons. The maximum absolute atomic E-state index is 13.1. The number of carbonyl (C=O) groups excluding carboxylic acids is 1. The minimum Gasteiger partial charge on any atom is -0.517 e. The molecule has 0 spiro atoms. The summed E-state index contributed by atoms with van der Waals surface area (Å²) < 4.78 is 12.7. The molecule has 0 atom stereocenters. The van der Waals surface area contributed by atoms with Crippen molar-refractivity contribution in [3.63, 3.8) is 0 Å². The van der Waals surface area contributed by atoms with Crippen LogP contribution in [0.25, 0.3) is 0 Å². The van der Waals surface area contributed by atoms with E-state index in [1.165, 1.54) is 0 Å². The maximum Gasteiger partial charge on any atom is 0.323 e. The summed E-state index contributed by atoms with van der Waals surface area (Å²) in [4.78, 5) is 13.1. The van der Waals surface area contributed by atoms with Crippen LogP contribution in [0.4, 0.5) is 0 Å². The normalized spacial score (nSPS) is 14.8. The van der Waals surface area contributed by atoms with Gasteiger partial charge in [0.25, 0.3) is 8.32 Å². The quantitative estimate of drug-likeness (QED) is 0.536. The number of rotatable bonds is 6. The minimum atomic E-state index is -2.15. The van der Waals surface area contributed by atoms with Crippen LogP contribution in [0.1, 0.15) is 68.2 Å². The van der Waals surface area contributed by atoms with Crippen LogP contribution in [0.5, 0.6) is 0 Å².